The number of thiazole rings is 1. The van der Waals surface area contributed by atoms with Gasteiger partial charge in [-0.05, 0) is 46.1 Å². The highest BCUT2D eigenvalue weighted by Gasteiger charge is 2.23. The van der Waals surface area contributed by atoms with Gasteiger partial charge in [-0.15, -0.1) is 11.3 Å². The van der Waals surface area contributed by atoms with Crippen molar-refractivity contribution < 1.29 is 0 Å². The van der Waals surface area contributed by atoms with E-state index in [0.717, 1.165) is 36.8 Å². The Kier molecular flexibility index (Phi) is 5.73. The Labute approximate surface area is 153 Å². The Morgan fingerprint density at radius 2 is 2.32 bits per heavy atom. The number of nitrogens with zero attached hydrogens (tertiary/aromatic N) is 4. The quantitative estimate of drug-likeness (QED) is 0.636. The first kappa shape index (κ1) is 17.9. The van der Waals surface area contributed by atoms with Gasteiger partial charge in [-0.1, -0.05) is 0 Å². The maximum Gasteiger partial charge on any atom is 0.191 e. The molecule has 7 heteroatoms. The van der Waals surface area contributed by atoms with Crippen LogP contribution in [0.3, 0.4) is 0 Å². The van der Waals surface area contributed by atoms with Crippen LogP contribution >= 0.6 is 11.3 Å². The van der Waals surface area contributed by atoms with Crippen LogP contribution in [0.5, 0.6) is 0 Å². The van der Waals surface area contributed by atoms with Gasteiger partial charge in [0.2, 0.25) is 0 Å². The number of aliphatic imine (C=N–C) groups is 1. The van der Waals surface area contributed by atoms with Crippen LogP contribution in [-0.4, -0.2) is 33.3 Å². The zero-order valence-electron chi connectivity index (χ0n) is 15.5. The molecule has 1 atom stereocenters. The predicted molar refractivity (Wildman–Crippen MR) is 103 cm³/mol. The zero-order chi connectivity index (χ0) is 17.8. The smallest absolute Gasteiger partial charge is 0.191 e. The first-order valence-corrected chi connectivity index (χ1v) is 9.89. The number of hydrogen-bond acceptors (Lipinski definition) is 4. The second-order valence-corrected chi connectivity index (χ2v) is 8.12. The van der Waals surface area contributed by atoms with Crippen molar-refractivity contribution in [3.63, 3.8) is 0 Å². The van der Waals surface area contributed by atoms with Crippen molar-refractivity contribution in [1.29, 1.82) is 0 Å². The van der Waals surface area contributed by atoms with Crippen LogP contribution in [0.25, 0.3) is 0 Å². The molecule has 6 nitrogen and oxygen atoms in total. The van der Waals surface area contributed by atoms with Crippen molar-refractivity contribution in [2.24, 2.45) is 4.99 Å². The van der Waals surface area contributed by atoms with Gasteiger partial charge in [0, 0.05) is 42.3 Å². The first-order valence-electron chi connectivity index (χ1n) is 9.08. The summed E-state index contributed by atoms with van der Waals surface area (Å²) in [5.74, 6) is 0.880. The summed E-state index contributed by atoms with van der Waals surface area (Å²) in [6.45, 7) is 9.99. The van der Waals surface area contributed by atoms with Gasteiger partial charge in [0.15, 0.2) is 5.96 Å². The van der Waals surface area contributed by atoms with E-state index in [1.165, 1.54) is 16.1 Å². The SMILES string of the molecule is CCNC(=NCc1cnc(C)s1)NC1CCc2cn(C(C)C)nc2C1. The molecule has 2 aromatic rings. The Hall–Kier alpha value is -1.89. The molecule has 2 N–H and O–H groups in total. The molecule has 1 unspecified atom stereocenters. The monoisotopic (exact) mass is 360 g/mol. The molecular formula is C18H28N6S. The van der Waals surface area contributed by atoms with Gasteiger partial charge >= 0.3 is 0 Å². The molecule has 1 aliphatic rings. The van der Waals surface area contributed by atoms with E-state index in [-0.39, 0.29) is 0 Å². The van der Waals surface area contributed by atoms with Gasteiger partial charge < -0.3 is 10.6 Å². The van der Waals surface area contributed by atoms with Gasteiger partial charge in [-0.25, -0.2) is 9.98 Å². The number of rotatable bonds is 5. The zero-order valence-corrected chi connectivity index (χ0v) is 16.4. The van der Waals surface area contributed by atoms with Crippen LogP contribution in [0, 0.1) is 6.92 Å². The third-order valence-corrected chi connectivity index (χ3v) is 5.27. The minimum atomic E-state index is 0.379. The molecule has 0 aromatic carbocycles. The number of guanidine groups is 1. The highest BCUT2D eigenvalue weighted by atomic mass is 32.1. The molecule has 136 valence electrons. The number of nitrogens with one attached hydrogen (secondary N) is 2. The summed E-state index contributed by atoms with van der Waals surface area (Å²) in [7, 11) is 0. The fraction of sp³-hybridized carbons (Fsp3) is 0.611. The number of hydrogen-bond donors (Lipinski definition) is 2. The van der Waals surface area contributed by atoms with Crippen LogP contribution < -0.4 is 10.6 Å². The van der Waals surface area contributed by atoms with E-state index < -0.39 is 0 Å². The maximum atomic E-state index is 4.76. The number of aryl methyl sites for hydroxylation is 2. The van der Waals surface area contributed by atoms with Gasteiger partial charge in [0.25, 0.3) is 0 Å². The molecule has 0 radical (unpaired) electrons. The van der Waals surface area contributed by atoms with Crippen LogP contribution in [-0.2, 0) is 19.4 Å². The van der Waals surface area contributed by atoms with Crippen LogP contribution in [0.2, 0.25) is 0 Å². The Morgan fingerprint density at radius 1 is 1.48 bits per heavy atom. The molecule has 0 saturated carbocycles. The first-order chi connectivity index (χ1) is 12.0. The number of aromatic nitrogens is 3. The van der Waals surface area contributed by atoms with E-state index >= 15 is 0 Å². The second-order valence-electron chi connectivity index (χ2n) is 6.80. The lowest BCUT2D eigenvalue weighted by Gasteiger charge is -2.24. The molecule has 0 bridgehead atoms. The van der Waals surface area contributed by atoms with Crippen LogP contribution in [0.1, 0.15) is 54.4 Å². The van der Waals surface area contributed by atoms with Crippen LogP contribution in [0.15, 0.2) is 17.4 Å². The van der Waals surface area contributed by atoms with Crippen molar-refractivity contribution in [3.05, 3.63) is 33.5 Å². The normalized spacial score (nSPS) is 17.6. The minimum Gasteiger partial charge on any atom is -0.357 e. The summed E-state index contributed by atoms with van der Waals surface area (Å²) in [6, 6.07) is 0.794. The molecule has 0 amide bonds. The average molecular weight is 361 g/mol. The molecule has 3 rings (SSSR count). The lowest BCUT2D eigenvalue weighted by Crippen LogP contribution is -2.45. The molecule has 2 heterocycles. The van der Waals surface area contributed by atoms with Crippen molar-refractivity contribution in [3.8, 4) is 0 Å². The molecular weight excluding hydrogens is 332 g/mol. The van der Waals surface area contributed by atoms with Crippen LogP contribution in [0.4, 0.5) is 0 Å². The minimum absolute atomic E-state index is 0.379. The van der Waals surface area contributed by atoms with E-state index in [1.807, 2.05) is 13.1 Å². The predicted octanol–water partition coefficient (Wildman–Crippen LogP) is 2.84. The van der Waals surface area contributed by atoms with E-state index in [2.05, 4.69) is 47.3 Å². The summed E-state index contributed by atoms with van der Waals surface area (Å²) in [5.41, 5.74) is 2.63. The molecule has 0 fully saturated rings. The molecule has 0 aliphatic heterocycles. The molecule has 2 aromatic heterocycles. The third-order valence-electron chi connectivity index (χ3n) is 4.37. The van der Waals surface area contributed by atoms with Crippen molar-refractivity contribution >= 4 is 17.3 Å². The molecule has 0 saturated heterocycles. The molecule has 1 aliphatic carbocycles. The second kappa shape index (κ2) is 7.99. The molecule has 0 spiro atoms. The van der Waals surface area contributed by atoms with Crippen molar-refractivity contribution in [2.45, 2.75) is 65.6 Å². The van der Waals surface area contributed by atoms with Gasteiger partial charge in [0.1, 0.15) is 0 Å². The van der Waals surface area contributed by atoms with E-state index in [1.54, 1.807) is 11.3 Å². The summed E-state index contributed by atoms with van der Waals surface area (Å²) >= 11 is 1.70. The Bertz CT molecular complexity index is 730. The standard InChI is InChI=1S/C18H28N6S/c1-5-19-18(21-10-16-9-20-13(4)25-16)22-15-7-6-14-11-24(12(2)3)23-17(14)8-15/h9,11-12,15H,5-8,10H2,1-4H3,(H2,19,21,22). The average Bonchev–Trinajstić information content (AvgIpc) is 3.18. The lowest BCUT2D eigenvalue weighted by molar-refractivity contribution is 0.499. The fourth-order valence-electron chi connectivity index (χ4n) is 3.05. The van der Waals surface area contributed by atoms with Gasteiger partial charge in [-0.2, -0.15) is 5.10 Å². The van der Waals surface area contributed by atoms with Gasteiger partial charge in [0.05, 0.1) is 17.2 Å². The summed E-state index contributed by atoms with van der Waals surface area (Å²) in [4.78, 5) is 10.2. The highest BCUT2D eigenvalue weighted by Crippen LogP contribution is 2.21. The Morgan fingerprint density at radius 3 is 3.00 bits per heavy atom. The maximum absolute atomic E-state index is 4.76. The van der Waals surface area contributed by atoms with Gasteiger partial charge in [-0.3, -0.25) is 4.68 Å². The largest absolute Gasteiger partial charge is 0.357 e. The van der Waals surface area contributed by atoms with E-state index in [9.17, 15) is 0 Å². The summed E-state index contributed by atoms with van der Waals surface area (Å²) in [6.07, 6.45) is 7.27. The lowest BCUT2D eigenvalue weighted by atomic mass is 9.94. The van der Waals surface area contributed by atoms with Crippen molar-refractivity contribution in [2.75, 3.05) is 6.54 Å². The van der Waals surface area contributed by atoms with E-state index in [4.69, 9.17) is 10.1 Å². The fourth-order valence-corrected chi connectivity index (χ4v) is 3.77. The summed E-state index contributed by atoms with van der Waals surface area (Å²) < 4.78 is 2.08. The highest BCUT2D eigenvalue weighted by molar-refractivity contribution is 7.11. The molecule has 25 heavy (non-hydrogen) atoms. The van der Waals surface area contributed by atoms with E-state index in [0.29, 0.717) is 18.6 Å². The summed E-state index contributed by atoms with van der Waals surface area (Å²) in [5, 5.41) is 12.8. The van der Waals surface area contributed by atoms with Crippen molar-refractivity contribution in [1.82, 2.24) is 25.4 Å². The topological polar surface area (TPSA) is 67.1 Å². The Balaban J connectivity index is 1.64. The third kappa shape index (κ3) is 4.60. The number of fused-ring (bicyclic) bond motifs is 1.